The van der Waals surface area contributed by atoms with E-state index in [4.69, 9.17) is 0 Å². The van der Waals surface area contributed by atoms with Crippen molar-refractivity contribution in [3.63, 3.8) is 0 Å². The molecule has 0 heterocycles. The van der Waals surface area contributed by atoms with Crippen LogP contribution < -0.4 is 4.72 Å². The van der Waals surface area contributed by atoms with E-state index in [0.29, 0.717) is 12.1 Å². The van der Waals surface area contributed by atoms with Crippen molar-refractivity contribution < 1.29 is 13.2 Å². The van der Waals surface area contributed by atoms with Gasteiger partial charge in [-0.05, 0) is 25.3 Å². The lowest BCUT2D eigenvalue weighted by Crippen LogP contribution is -2.29. The van der Waals surface area contributed by atoms with E-state index in [2.05, 4.69) is 4.72 Å². The highest BCUT2D eigenvalue weighted by Gasteiger charge is 2.15. The van der Waals surface area contributed by atoms with Crippen LogP contribution in [0.15, 0.2) is 29.2 Å². The molecule has 0 saturated carbocycles. The van der Waals surface area contributed by atoms with Crippen molar-refractivity contribution in [1.82, 2.24) is 4.72 Å². The number of sulfonamides is 1. The first-order chi connectivity index (χ1) is 8.36. The van der Waals surface area contributed by atoms with Crippen LogP contribution in [0.1, 0.15) is 24.2 Å². The third-order valence-corrected chi connectivity index (χ3v) is 4.95. The van der Waals surface area contributed by atoms with Gasteiger partial charge in [-0.25, -0.2) is 13.1 Å². The van der Waals surface area contributed by atoms with Crippen LogP contribution in [0.2, 0.25) is 0 Å². The van der Waals surface area contributed by atoms with Crippen LogP contribution >= 0.6 is 11.8 Å². The van der Waals surface area contributed by atoms with Crippen LogP contribution in [0.25, 0.3) is 0 Å². The number of carbonyl (C=O) groups is 1. The van der Waals surface area contributed by atoms with Gasteiger partial charge in [-0.3, -0.25) is 4.79 Å². The third kappa shape index (κ3) is 4.12. The molecule has 0 saturated heterocycles. The van der Waals surface area contributed by atoms with Crippen molar-refractivity contribution in [1.29, 1.82) is 0 Å². The number of hydrogen-bond donors (Lipinski definition) is 1. The van der Waals surface area contributed by atoms with Gasteiger partial charge in [0.05, 0.1) is 4.90 Å². The summed E-state index contributed by atoms with van der Waals surface area (Å²) in [5, 5.41) is 0.219. The Bertz CT molecular complexity index is 509. The van der Waals surface area contributed by atoms with Crippen molar-refractivity contribution in [3.05, 3.63) is 29.8 Å². The van der Waals surface area contributed by atoms with E-state index in [1.807, 2.05) is 13.2 Å². The lowest BCUT2D eigenvalue weighted by Gasteiger charge is -2.10. The first-order valence-electron chi connectivity index (χ1n) is 5.50. The molecule has 0 bridgehead atoms. The zero-order valence-corrected chi connectivity index (χ0v) is 12.3. The lowest BCUT2D eigenvalue weighted by atomic mass is 10.2. The Labute approximate surface area is 112 Å². The first kappa shape index (κ1) is 15.2. The molecular formula is C12H17NO3S2. The summed E-state index contributed by atoms with van der Waals surface area (Å²) in [5.41, 5.74) is 0.506. The fraction of sp³-hybridized carbons (Fsp3) is 0.417. The van der Waals surface area contributed by atoms with E-state index in [9.17, 15) is 13.2 Å². The number of rotatable bonds is 6. The summed E-state index contributed by atoms with van der Waals surface area (Å²) >= 11 is 1.60. The molecule has 0 aliphatic carbocycles. The summed E-state index contributed by atoms with van der Waals surface area (Å²) in [5.74, 6) is -0.0806. The first-order valence-corrected chi connectivity index (χ1v) is 8.27. The van der Waals surface area contributed by atoms with Crippen LogP contribution in [0.5, 0.6) is 0 Å². The molecule has 6 heteroatoms. The highest BCUT2D eigenvalue weighted by atomic mass is 32.2. The molecule has 1 aromatic rings. The Morgan fingerprint density at radius 1 is 1.33 bits per heavy atom. The van der Waals surface area contributed by atoms with Crippen LogP contribution in [0.4, 0.5) is 0 Å². The van der Waals surface area contributed by atoms with Crippen molar-refractivity contribution >= 4 is 27.6 Å². The smallest absolute Gasteiger partial charge is 0.240 e. The van der Waals surface area contributed by atoms with E-state index in [1.165, 1.54) is 31.2 Å². The Kier molecular flexibility index (Phi) is 5.37. The number of hydrogen-bond acceptors (Lipinski definition) is 4. The highest BCUT2D eigenvalue weighted by molar-refractivity contribution is 7.99. The fourth-order valence-electron chi connectivity index (χ4n) is 1.26. The summed E-state index contributed by atoms with van der Waals surface area (Å²) in [6, 6.07) is 5.94. The topological polar surface area (TPSA) is 63.2 Å². The van der Waals surface area contributed by atoms with E-state index < -0.39 is 10.0 Å². The lowest BCUT2D eigenvalue weighted by molar-refractivity contribution is 0.101. The largest absolute Gasteiger partial charge is 0.295 e. The van der Waals surface area contributed by atoms with Gasteiger partial charge >= 0.3 is 0 Å². The fourth-order valence-corrected chi connectivity index (χ4v) is 2.75. The van der Waals surface area contributed by atoms with Gasteiger partial charge in [-0.15, -0.1) is 0 Å². The van der Waals surface area contributed by atoms with Crippen LogP contribution in [-0.2, 0) is 10.0 Å². The van der Waals surface area contributed by atoms with Gasteiger partial charge in [-0.2, -0.15) is 11.8 Å². The Balaban J connectivity index is 2.82. The molecule has 1 rings (SSSR count). The second-order valence-corrected chi connectivity index (χ2v) is 7.02. The average Bonchev–Trinajstić information content (AvgIpc) is 2.36. The van der Waals surface area contributed by atoms with E-state index >= 15 is 0 Å². The van der Waals surface area contributed by atoms with Gasteiger partial charge in [0.25, 0.3) is 0 Å². The molecule has 0 aromatic heterocycles. The summed E-state index contributed by atoms with van der Waals surface area (Å²) in [6.07, 6.45) is 1.93. The number of ketones is 1. The number of Topliss-reactive ketones (excluding diaryl/α,β-unsaturated/α-hetero) is 1. The molecule has 0 radical (unpaired) electrons. The molecule has 0 fully saturated rings. The van der Waals surface area contributed by atoms with Crippen molar-refractivity contribution in [2.24, 2.45) is 0 Å². The molecule has 0 aliphatic heterocycles. The molecule has 4 nitrogen and oxygen atoms in total. The maximum atomic E-state index is 11.9. The van der Waals surface area contributed by atoms with E-state index in [1.54, 1.807) is 11.8 Å². The Hall–Kier alpha value is -0.850. The number of benzene rings is 1. The van der Waals surface area contributed by atoms with Gasteiger partial charge < -0.3 is 0 Å². The summed E-state index contributed by atoms with van der Waals surface area (Å²) in [6.45, 7) is 3.78. The monoisotopic (exact) mass is 287 g/mol. The molecule has 0 aliphatic rings. The SMILES string of the molecule is CSC(C)CNS(=O)(=O)c1ccc(C(C)=O)cc1. The molecule has 1 aromatic carbocycles. The van der Waals surface area contributed by atoms with Gasteiger partial charge in [0.1, 0.15) is 0 Å². The van der Waals surface area contributed by atoms with Crippen molar-refractivity contribution in [3.8, 4) is 0 Å². The van der Waals surface area contributed by atoms with Gasteiger partial charge in [0.2, 0.25) is 10.0 Å². The molecule has 1 N–H and O–H groups in total. The van der Waals surface area contributed by atoms with Gasteiger partial charge in [-0.1, -0.05) is 19.1 Å². The molecule has 100 valence electrons. The molecule has 0 spiro atoms. The predicted molar refractivity (Wildman–Crippen MR) is 74.6 cm³/mol. The zero-order chi connectivity index (χ0) is 13.8. The second kappa shape index (κ2) is 6.36. The van der Waals surface area contributed by atoms with Crippen LogP contribution in [-0.4, -0.2) is 32.3 Å². The minimum Gasteiger partial charge on any atom is -0.295 e. The Morgan fingerprint density at radius 2 is 1.89 bits per heavy atom. The zero-order valence-electron chi connectivity index (χ0n) is 10.6. The third-order valence-electron chi connectivity index (χ3n) is 2.53. The number of carbonyl (C=O) groups excluding carboxylic acids is 1. The summed E-state index contributed by atoms with van der Waals surface area (Å²) in [4.78, 5) is 11.3. The summed E-state index contributed by atoms with van der Waals surface area (Å²) in [7, 11) is -3.48. The van der Waals surface area contributed by atoms with Crippen molar-refractivity contribution in [2.45, 2.75) is 24.0 Å². The quantitative estimate of drug-likeness (QED) is 0.812. The van der Waals surface area contributed by atoms with E-state index in [-0.39, 0.29) is 15.9 Å². The van der Waals surface area contributed by atoms with Gasteiger partial charge in [0.15, 0.2) is 5.78 Å². The van der Waals surface area contributed by atoms with Crippen molar-refractivity contribution in [2.75, 3.05) is 12.8 Å². The summed E-state index contributed by atoms with van der Waals surface area (Å²) < 4.78 is 26.4. The molecule has 0 amide bonds. The molecule has 18 heavy (non-hydrogen) atoms. The maximum absolute atomic E-state index is 11.9. The molecular weight excluding hydrogens is 270 g/mol. The second-order valence-electron chi connectivity index (χ2n) is 3.98. The molecule has 1 unspecified atom stereocenters. The number of nitrogens with one attached hydrogen (secondary N) is 1. The Morgan fingerprint density at radius 3 is 2.33 bits per heavy atom. The standard InChI is InChI=1S/C12H17NO3S2/c1-9(17-3)8-13-18(15,16)12-6-4-11(5-7-12)10(2)14/h4-7,9,13H,8H2,1-3H3. The normalized spacial score (nSPS) is 13.3. The van der Waals surface area contributed by atoms with Crippen LogP contribution in [0.3, 0.4) is 0 Å². The van der Waals surface area contributed by atoms with Gasteiger partial charge in [0, 0.05) is 17.4 Å². The maximum Gasteiger partial charge on any atom is 0.240 e. The van der Waals surface area contributed by atoms with Crippen LogP contribution in [0, 0.1) is 0 Å². The average molecular weight is 287 g/mol. The predicted octanol–water partition coefficient (Wildman–Crippen LogP) is 1.92. The highest BCUT2D eigenvalue weighted by Crippen LogP contribution is 2.12. The minimum atomic E-state index is -3.48. The van der Waals surface area contributed by atoms with E-state index in [0.717, 1.165) is 0 Å². The minimum absolute atomic E-state index is 0.0806. The molecule has 1 atom stereocenters. The number of thioether (sulfide) groups is 1.